The summed E-state index contributed by atoms with van der Waals surface area (Å²) in [5.41, 5.74) is 0.201. The lowest BCUT2D eigenvalue weighted by Crippen LogP contribution is -2.45. The van der Waals surface area contributed by atoms with Crippen LogP contribution in [0, 0.1) is 5.92 Å². The number of nitrogens with one attached hydrogen (secondary N) is 2. The van der Waals surface area contributed by atoms with Crippen molar-refractivity contribution in [1.82, 2.24) is 14.9 Å². The first-order valence-corrected chi connectivity index (χ1v) is 10.3. The summed E-state index contributed by atoms with van der Waals surface area (Å²) in [4.78, 5) is 24.4. The average molecular weight is 381 g/mol. The summed E-state index contributed by atoms with van der Waals surface area (Å²) in [5.74, 6) is -0.266. The smallest absolute Gasteiger partial charge is 0.251 e. The van der Waals surface area contributed by atoms with Gasteiger partial charge in [0.05, 0.1) is 11.4 Å². The standard InChI is InChI=1S/C18H27N3O4S/c1-13-7-4-5-10-16(13)20-17(22)12-19-18(23)14-8-6-9-15(11-14)26(24,25)21(2)3/h6,8-9,11,13,16H,4-5,7,10,12H2,1-3H3,(H,19,23)(H,20,22)/t13-,16+/m0/s1. The molecule has 1 aliphatic rings. The number of carbonyl (C=O) groups is 2. The summed E-state index contributed by atoms with van der Waals surface area (Å²) >= 11 is 0. The van der Waals surface area contributed by atoms with E-state index < -0.39 is 15.9 Å². The highest BCUT2D eigenvalue weighted by Gasteiger charge is 2.23. The van der Waals surface area contributed by atoms with E-state index in [0.29, 0.717) is 5.92 Å². The van der Waals surface area contributed by atoms with Crippen LogP contribution in [-0.4, -0.2) is 51.2 Å². The summed E-state index contributed by atoms with van der Waals surface area (Å²) < 4.78 is 25.4. The Morgan fingerprint density at radius 1 is 1.19 bits per heavy atom. The fourth-order valence-electron chi connectivity index (χ4n) is 3.06. The zero-order chi connectivity index (χ0) is 19.3. The van der Waals surface area contributed by atoms with Gasteiger partial charge in [-0.1, -0.05) is 25.8 Å². The van der Waals surface area contributed by atoms with Gasteiger partial charge in [0.15, 0.2) is 0 Å². The minimum Gasteiger partial charge on any atom is -0.352 e. The Labute approximate surface area is 155 Å². The summed E-state index contributed by atoms with van der Waals surface area (Å²) in [6.07, 6.45) is 4.36. The fourth-order valence-corrected chi connectivity index (χ4v) is 4.01. The van der Waals surface area contributed by atoms with Gasteiger partial charge < -0.3 is 10.6 Å². The second-order valence-electron chi connectivity index (χ2n) is 6.93. The first-order chi connectivity index (χ1) is 12.2. The van der Waals surface area contributed by atoms with Crippen molar-refractivity contribution < 1.29 is 18.0 Å². The molecular weight excluding hydrogens is 354 g/mol. The lowest BCUT2D eigenvalue weighted by atomic mass is 9.86. The van der Waals surface area contributed by atoms with Crippen molar-refractivity contribution in [3.8, 4) is 0 Å². The highest BCUT2D eigenvalue weighted by molar-refractivity contribution is 7.89. The molecule has 144 valence electrons. The van der Waals surface area contributed by atoms with Crippen LogP contribution >= 0.6 is 0 Å². The van der Waals surface area contributed by atoms with Crippen molar-refractivity contribution in [3.63, 3.8) is 0 Å². The monoisotopic (exact) mass is 381 g/mol. The molecule has 0 heterocycles. The topological polar surface area (TPSA) is 95.6 Å². The van der Waals surface area contributed by atoms with E-state index in [2.05, 4.69) is 17.6 Å². The van der Waals surface area contributed by atoms with Gasteiger partial charge in [0, 0.05) is 25.7 Å². The minimum absolute atomic E-state index is 0.0376. The quantitative estimate of drug-likeness (QED) is 0.778. The number of hydrogen-bond acceptors (Lipinski definition) is 4. The molecule has 7 nitrogen and oxygen atoms in total. The lowest BCUT2D eigenvalue weighted by molar-refractivity contribution is -0.121. The van der Waals surface area contributed by atoms with E-state index >= 15 is 0 Å². The van der Waals surface area contributed by atoms with Crippen LogP contribution in [0.25, 0.3) is 0 Å². The van der Waals surface area contributed by atoms with Crippen LogP contribution in [0.1, 0.15) is 43.0 Å². The van der Waals surface area contributed by atoms with Crippen LogP contribution in [0.5, 0.6) is 0 Å². The molecule has 1 aliphatic carbocycles. The Morgan fingerprint density at radius 2 is 1.88 bits per heavy atom. The van der Waals surface area contributed by atoms with Crippen molar-refractivity contribution in [2.24, 2.45) is 5.92 Å². The maximum absolute atomic E-state index is 12.3. The number of rotatable bonds is 6. The van der Waals surface area contributed by atoms with Crippen LogP contribution in [-0.2, 0) is 14.8 Å². The predicted octanol–water partition coefficient (Wildman–Crippen LogP) is 1.36. The van der Waals surface area contributed by atoms with E-state index in [0.717, 1.165) is 23.6 Å². The molecule has 2 N–H and O–H groups in total. The summed E-state index contributed by atoms with van der Waals surface area (Å²) in [5, 5.41) is 5.52. The molecule has 2 rings (SSSR count). The third kappa shape index (κ3) is 5.04. The van der Waals surface area contributed by atoms with Crippen LogP contribution in [0.2, 0.25) is 0 Å². The van der Waals surface area contributed by atoms with Gasteiger partial charge in [-0.05, 0) is 37.0 Å². The number of nitrogens with zero attached hydrogens (tertiary/aromatic N) is 1. The number of amides is 2. The van der Waals surface area contributed by atoms with Gasteiger partial charge in [0.25, 0.3) is 5.91 Å². The van der Waals surface area contributed by atoms with Crippen LogP contribution < -0.4 is 10.6 Å². The minimum atomic E-state index is -3.62. The average Bonchev–Trinajstić information content (AvgIpc) is 2.61. The van der Waals surface area contributed by atoms with Gasteiger partial charge in [0.2, 0.25) is 15.9 Å². The molecule has 2 amide bonds. The second-order valence-corrected chi connectivity index (χ2v) is 9.09. The van der Waals surface area contributed by atoms with E-state index in [1.54, 1.807) is 0 Å². The number of carbonyl (C=O) groups excluding carboxylic acids is 2. The normalized spacial score (nSPS) is 20.6. The summed E-state index contributed by atoms with van der Waals surface area (Å²) in [6.45, 7) is 1.99. The molecule has 1 saturated carbocycles. The van der Waals surface area contributed by atoms with Crippen LogP contribution in [0.4, 0.5) is 0 Å². The van der Waals surface area contributed by atoms with Crippen molar-refractivity contribution in [2.75, 3.05) is 20.6 Å². The van der Waals surface area contributed by atoms with Gasteiger partial charge in [-0.2, -0.15) is 0 Å². The maximum atomic E-state index is 12.3. The van der Waals surface area contributed by atoms with E-state index in [-0.39, 0.29) is 29.0 Å². The highest BCUT2D eigenvalue weighted by Crippen LogP contribution is 2.23. The van der Waals surface area contributed by atoms with Gasteiger partial charge in [-0.3, -0.25) is 9.59 Å². The molecule has 1 aromatic carbocycles. The first kappa shape index (κ1) is 20.4. The third-order valence-corrected chi connectivity index (χ3v) is 6.55. The molecule has 1 fully saturated rings. The molecule has 0 aliphatic heterocycles. The summed E-state index contributed by atoms with van der Waals surface area (Å²) in [6, 6.07) is 5.93. The lowest BCUT2D eigenvalue weighted by Gasteiger charge is -2.29. The molecule has 2 atom stereocenters. The van der Waals surface area contributed by atoms with Gasteiger partial charge in [-0.25, -0.2) is 12.7 Å². The van der Waals surface area contributed by atoms with Crippen LogP contribution in [0.15, 0.2) is 29.2 Å². The molecule has 0 saturated heterocycles. The van der Waals surface area contributed by atoms with Gasteiger partial charge >= 0.3 is 0 Å². The Kier molecular flexibility index (Phi) is 6.77. The van der Waals surface area contributed by atoms with Crippen molar-refractivity contribution in [3.05, 3.63) is 29.8 Å². The Hall–Kier alpha value is -1.93. The number of hydrogen-bond donors (Lipinski definition) is 2. The molecule has 0 spiro atoms. The molecule has 1 aromatic rings. The molecule has 0 aromatic heterocycles. The molecular formula is C18H27N3O4S. The zero-order valence-corrected chi connectivity index (χ0v) is 16.3. The van der Waals surface area contributed by atoms with Crippen molar-refractivity contribution in [1.29, 1.82) is 0 Å². The summed E-state index contributed by atoms with van der Waals surface area (Å²) in [7, 11) is -0.757. The van der Waals surface area contributed by atoms with Crippen molar-refractivity contribution in [2.45, 2.75) is 43.5 Å². The highest BCUT2D eigenvalue weighted by atomic mass is 32.2. The second kappa shape index (κ2) is 8.64. The van der Waals surface area contributed by atoms with E-state index in [1.807, 2.05) is 0 Å². The number of benzene rings is 1. The van der Waals surface area contributed by atoms with Crippen molar-refractivity contribution >= 4 is 21.8 Å². The molecule has 8 heteroatoms. The van der Waals surface area contributed by atoms with E-state index in [9.17, 15) is 18.0 Å². The molecule has 0 bridgehead atoms. The zero-order valence-electron chi connectivity index (χ0n) is 15.5. The van der Waals surface area contributed by atoms with Gasteiger partial charge in [-0.15, -0.1) is 0 Å². The third-order valence-electron chi connectivity index (χ3n) is 4.74. The van der Waals surface area contributed by atoms with Gasteiger partial charge in [0.1, 0.15) is 0 Å². The largest absolute Gasteiger partial charge is 0.352 e. The molecule has 0 radical (unpaired) electrons. The number of sulfonamides is 1. The SMILES string of the molecule is C[C@H]1CCCC[C@H]1NC(=O)CNC(=O)c1cccc(S(=O)(=O)N(C)C)c1. The molecule has 26 heavy (non-hydrogen) atoms. The predicted molar refractivity (Wildman–Crippen MR) is 99.2 cm³/mol. The Bertz CT molecular complexity index is 761. The Morgan fingerprint density at radius 3 is 2.54 bits per heavy atom. The molecule has 0 unspecified atom stereocenters. The Balaban J connectivity index is 1.94. The first-order valence-electron chi connectivity index (χ1n) is 8.82. The van der Waals surface area contributed by atoms with E-state index in [1.165, 1.54) is 44.8 Å². The maximum Gasteiger partial charge on any atom is 0.251 e. The van der Waals surface area contributed by atoms with E-state index in [4.69, 9.17) is 0 Å². The fraction of sp³-hybridized carbons (Fsp3) is 0.556. The van der Waals surface area contributed by atoms with Crippen LogP contribution in [0.3, 0.4) is 0 Å².